The van der Waals surface area contributed by atoms with Gasteiger partial charge in [-0.3, -0.25) is 9.59 Å². The molecule has 0 spiro atoms. The summed E-state index contributed by atoms with van der Waals surface area (Å²) in [7, 11) is -4.14. The summed E-state index contributed by atoms with van der Waals surface area (Å²) in [5.74, 6) is -1.28. The van der Waals surface area contributed by atoms with Gasteiger partial charge in [-0.25, -0.2) is 8.42 Å². The molecule has 0 radical (unpaired) electrons. The van der Waals surface area contributed by atoms with Gasteiger partial charge in [0, 0.05) is 48.2 Å². The number of primary amides is 1. The fourth-order valence-corrected chi connectivity index (χ4v) is 5.48. The molecule has 2 aromatic rings. The van der Waals surface area contributed by atoms with Crippen LogP contribution in [0, 0.1) is 0 Å². The zero-order chi connectivity index (χ0) is 22.6. The van der Waals surface area contributed by atoms with Crippen LogP contribution in [0.3, 0.4) is 0 Å². The molecule has 1 aliphatic heterocycles. The number of carbonyl (C=O) groups is 2. The molecular formula is C19H25BrN4O6S. The summed E-state index contributed by atoms with van der Waals surface area (Å²) < 4.78 is 39.5. The molecule has 31 heavy (non-hydrogen) atoms. The van der Waals surface area contributed by atoms with Gasteiger partial charge in [0.25, 0.3) is 11.8 Å². The summed E-state index contributed by atoms with van der Waals surface area (Å²) in [6.45, 7) is 3.34. The minimum Gasteiger partial charge on any atom is -0.382 e. The van der Waals surface area contributed by atoms with Crippen molar-refractivity contribution in [3.8, 4) is 0 Å². The second-order valence-electron chi connectivity index (χ2n) is 6.95. The highest BCUT2D eigenvalue weighted by atomic mass is 79.9. The predicted octanol–water partition coefficient (Wildman–Crippen LogP) is 0.962. The Morgan fingerprint density at radius 1 is 1.42 bits per heavy atom. The van der Waals surface area contributed by atoms with Crippen LogP contribution >= 0.6 is 15.9 Å². The van der Waals surface area contributed by atoms with Crippen LogP contribution in [-0.4, -0.2) is 75.1 Å². The molecule has 1 aromatic carbocycles. The molecule has 0 bridgehead atoms. The highest BCUT2D eigenvalue weighted by Gasteiger charge is 2.37. The van der Waals surface area contributed by atoms with E-state index in [4.69, 9.17) is 15.2 Å². The minimum atomic E-state index is -4.14. The highest BCUT2D eigenvalue weighted by Crippen LogP contribution is 2.32. The summed E-state index contributed by atoms with van der Waals surface area (Å²) in [6, 6.07) is 4.98. The van der Waals surface area contributed by atoms with E-state index in [1.54, 1.807) is 18.2 Å². The number of aromatic amines is 1. The summed E-state index contributed by atoms with van der Waals surface area (Å²) >= 11 is 3.32. The third-order valence-electron chi connectivity index (χ3n) is 4.85. The van der Waals surface area contributed by atoms with Crippen molar-refractivity contribution in [1.29, 1.82) is 0 Å². The number of morpholine rings is 1. The van der Waals surface area contributed by atoms with Crippen molar-refractivity contribution in [1.82, 2.24) is 14.6 Å². The van der Waals surface area contributed by atoms with E-state index >= 15 is 0 Å². The van der Waals surface area contributed by atoms with Gasteiger partial charge in [0.2, 0.25) is 10.0 Å². The number of sulfonamides is 1. The maximum Gasteiger partial charge on any atom is 0.266 e. The minimum absolute atomic E-state index is 0.0498. The number of ether oxygens (including phenoxy) is 2. The quantitative estimate of drug-likeness (QED) is 0.423. The first-order valence-electron chi connectivity index (χ1n) is 9.84. The normalized spacial score (nSPS) is 17.7. The van der Waals surface area contributed by atoms with Crippen molar-refractivity contribution < 1.29 is 27.5 Å². The van der Waals surface area contributed by atoms with Crippen LogP contribution in [0.4, 0.5) is 0 Å². The third kappa shape index (κ3) is 5.26. The predicted molar refractivity (Wildman–Crippen MR) is 117 cm³/mol. The van der Waals surface area contributed by atoms with E-state index in [9.17, 15) is 18.0 Å². The zero-order valence-electron chi connectivity index (χ0n) is 17.0. The number of aromatic nitrogens is 1. The van der Waals surface area contributed by atoms with Crippen molar-refractivity contribution >= 4 is 48.7 Å². The van der Waals surface area contributed by atoms with Gasteiger partial charge in [-0.2, -0.15) is 4.31 Å². The van der Waals surface area contributed by atoms with E-state index in [0.717, 1.165) is 4.31 Å². The van der Waals surface area contributed by atoms with E-state index in [0.29, 0.717) is 41.6 Å². The van der Waals surface area contributed by atoms with Crippen molar-refractivity contribution in [2.45, 2.75) is 24.3 Å². The van der Waals surface area contributed by atoms with Gasteiger partial charge in [0.1, 0.15) is 16.7 Å². The number of hydrogen-bond acceptors (Lipinski definition) is 6. The van der Waals surface area contributed by atoms with Gasteiger partial charge in [-0.05, 0) is 31.5 Å². The van der Waals surface area contributed by atoms with E-state index in [-0.39, 0.29) is 30.3 Å². The molecule has 2 heterocycles. The Kier molecular flexibility index (Phi) is 7.70. The van der Waals surface area contributed by atoms with Gasteiger partial charge in [-0.15, -0.1) is 0 Å². The molecule has 0 aliphatic carbocycles. The monoisotopic (exact) mass is 516 g/mol. The van der Waals surface area contributed by atoms with Crippen molar-refractivity contribution in [3.05, 3.63) is 28.4 Å². The van der Waals surface area contributed by atoms with Crippen LogP contribution in [0.1, 0.15) is 23.8 Å². The zero-order valence-corrected chi connectivity index (χ0v) is 19.4. The number of carbonyl (C=O) groups excluding carboxylic acids is 2. The standard InChI is InChI=1S/C19H25BrN4O6S/c1-2-29-8-3-6-22-19(26)15-11-24(7-9-30-15)31(27,28)17-13-10-12(20)4-5-14(13)23-16(17)18(21)25/h4-5,10,15,23H,2-3,6-9,11H2,1H3,(H2,21,25)(H,22,26). The number of rotatable bonds is 9. The molecule has 2 amide bonds. The fourth-order valence-electron chi connectivity index (χ4n) is 3.36. The molecule has 1 aliphatic rings. The Morgan fingerprint density at radius 2 is 2.19 bits per heavy atom. The Labute approximate surface area is 188 Å². The molecule has 1 atom stereocenters. The lowest BCUT2D eigenvalue weighted by Crippen LogP contribution is -2.51. The molecule has 3 rings (SSSR count). The summed E-state index contributed by atoms with van der Waals surface area (Å²) in [5.41, 5.74) is 5.71. The third-order valence-corrected chi connectivity index (χ3v) is 7.29. The molecule has 4 N–H and O–H groups in total. The van der Waals surface area contributed by atoms with Crippen LogP contribution < -0.4 is 11.1 Å². The van der Waals surface area contributed by atoms with E-state index in [2.05, 4.69) is 26.2 Å². The van der Waals surface area contributed by atoms with Crippen LogP contribution in [0.15, 0.2) is 27.6 Å². The molecule has 10 nitrogen and oxygen atoms in total. The molecule has 1 unspecified atom stereocenters. The number of halogens is 1. The maximum atomic E-state index is 13.5. The van der Waals surface area contributed by atoms with Gasteiger partial charge in [0.15, 0.2) is 0 Å². The van der Waals surface area contributed by atoms with Crippen LogP contribution in [-0.2, 0) is 24.3 Å². The summed E-state index contributed by atoms with van der Waals surface area (Å²) in [4.78, 5) is 27.0. The molecule has 0 saturated carbocycles. The summed E-state index contributed by atoms with van der Waals surface area (Å²) in [6.07, 6.45) is -0.315. The second kappa shape index (κ2) is 10.1. The Hall–Kier alpha value is -1.99. The largest absolute Gasteiger partial charge is 0.382 e. The number of nitrogens with two attached hydrogens (primary N) is 1. The number of nitrogens with zero attached hydrogens (tertiary/aromatic N) is 1. The Balaban J connectivity index is 1.82. The molecule has 1 fully saturated rings. The first-order chi connectivity index (χ1) is 14.8. The first kappa shape index (κ1) is 23.7. The van der Waals surface area contributed by atoms with Crippen LogP contribution in [0.5, 0.6) is 0 Å². The van der Waals surface area contributed by atoms with Gasteiger partial charge in [0.05, 0.1) is 6.61 Å². The van der Waals surface area contributed by atoms with E-state index in [1.165, 1.54) is 0 Å². The van der Waals surface area contributed by atoms with E-state index < -0.39 is 27.9 Å². The lowest BCUT2D eigenvalue weighted by Gasteiger charge is -2.31. The Morgan fingerprint density at radius 3 is 2.90 bits per heavy atom. The van der Waals surface area contributed by atoms with Crippen molar-refractivity contribution in [2.75, 3.05) is 39.5 Å². The van der Waals surface area contributed by atoms with Gasteiger partial charge < -0.3 is 25.5 Å². The number of fused-ring (bicyclic) bond motifs is 1. The number of hydrogen-bond donors (Lipinski definition) is 3. The number of benzene rings is 1. The maximum absolute atomic E-state index is 13.5. The molecule has 12 heteroatoms. The summed E-state index contributed by atoms with van der Waals surface area (Å²) in [5, 5.41) is 3.07. The average molecular weight is 517 g/mol. The SMILES string of the molecule is CCOCCCNC(=O)C1CN(S(=O)(=O)c2c(C(N)=O)[nH]c3ccc(Br)cc23)CCO1. The van der Waals surface area contributed by atoms with Crippen molar-refractivity contribution in [2.24, 2.45) is 5.73 Å². The average Bonchev–Trinajstić information content (AvgIpc) is 3.13. The highest BCUT2D eigenvalue weighted by molar-refractivity contribution is 9.10. The number of nitrogens with one attached hydrogen (secondary N) is 2. The lowest BCUT2D eigenvalue weighted by molar-refractivity contribution is -0.136. The number of amides is 2. The van der Waals surface area contributed by atoms with E-state index in [1.807, 2.05) is 6.92 Å². The molecular weight excluding hydrogens is 492 g/mol. The Bertz CT molecular complexity index is 1070. The first-order valence-corrected chi connectivity index (χ1v) is 12.1. The smallest absolute Gasteiger partial charge is 0.266 e. The van der Waals surface area contributed by atoms with Gasteiger partial charge in [-0.1, -0.05) is 15.9 Å². The van der Waals surface area contributed by atoms with Gasteiger partial charge >= 0.3 is 0 Å². The molecule has 170 valence electrons. The molecule has 1 saturated heterocycles. The lowest BCUT2D eigenvalue weighted by atomic mass is 10.2. The fraction of sp³-hybridized carbons (Fsp3) is 0.474. The second-order valence-corrected chi connectivity index (χ2v) is 9.74. The van der Waals surface area contributed by atoms with Crippen LogP contribution in [0.2, 0.25) is 0 Å². The van der Waals surface area contributed by atoms with Crippen LogP contribution in [0.25, 0.3) is 10.9 Å². The van der Waals surface area contributed by atoms with Crippen molar-refractivity contribution in [3.63, 3.8) is 0 Å². The number of H-pyrrole nitrogens is 1. The molecule has 1 aromatic heterocycles. The topological polar surface area (TPSA) is 144 Å².